The van der Waals surface area contributed by atoms with Gasteiger partial charge in [0.1, 0.15) is 0 Å². The number of rotatable bonds is 8. The monoisotopic (exact) mass is 218 g/mol. The number of hydrogen-bond acceptors (Lipinski definition) is 4. The van der Waals surface area contributed by atoms with Crippen molar-refractivity contribution in [1.82, 2.24) is 5.43 Å². The highest BCUT2D eigenvalue weighted by atomic mass is 16.5. The summed E-state index contributed by atoms with van der Waals surface area (Å²) in [6.07, 6.45) is 1.90. The van der Waals surface area contributed by atoms with E-state index in [1.807, 2.05) is 0 Å². The van der Waals surface area contributed by atoms with Crippen LogP contribution in [-0.4, -0.2) is 32.5 Å². The minimum absolute atomic E-state index is 0.141. The number of ether oxygens (including phenoxy) is 2. The quantitative estimate of drug-likeness (QED) is 0.476. The van der Waals surface area contributed by atoms with E-state index in [0.717, 1.165) is 19.4 Å². The van der Waals surface area contributed by atoms with Gasteiger partial charge in [-0.1, -0.05) is 13.8 Å². The number of methoxy groups -OCH3 is 2. The highest BCUT2D eigenvalue weighted by Gasteiger charge is 2.35. The molecule has 4 nitrogen and oxygen atoms in total. The molecule has 92 valence electrons. The first-order chi connectivity index (χ1) is 7.05. The molecular formula is C11H26N2O2. The second-order valence-electron chi connectivity index (χ2n) is 4.27. The smallest absolute Gasteiger partial charge is 0.0816 e. The van der Waals surface area contributed by atoms with Gasteiger partial charge in [0.2, 0.25) is 0 Å². The van der Waals surface area contributed by atoms with Gasteiger partial charge in [0.15, 0.2) is 0 Å². The molecule has 0 aliphatic rings. The van der Waals surface area contributed by atoms with Crippen molar-refractivity contribution in [1.29, 1.82) is 0 Å². The van der Waals surface area contributed by atoms with Crippen LogP contribution < -0.4 is 11.3 Å². The fourth-order valence-corrected chi connectivity index (χ4v) is 1.90. The van der Waals surface area contributed by atoms with E-state index in [9.17, 15) is 0 Å². The van der Waals surface area contributed by atoms with Crippen LogP contribution in [0.4, 0.5) is 0 Å². The zero-order chi connectivity index (χ0) is 11.9. The van der Waals surface area contributed by atoms with Gasteiger partial charge in [-0.3, -0.25) is 11.3 Å². The van der Waals surface area contributed by atoms with Crippen molar-refractivity contribution in [2.24, 2.45) is 11.8 Å². The summed E-state index contributed by atoms with van der Waals surface area (Å²) in [7, 11) is 3.45. The van der Waals surface area contributed by atoms with Crippen LogP contribution in [0, 0.1) is 5.92 Å². The lowest BCUT2D eigenvalue weighted by molar-refractivity contribution is -0.0464. The zero-order valence-electron chi connectivity index (χ0n) is 10.7. The zero-order valence-corrected chi connectivity index (χ0v) is 10.7. The molecule has 0 rings (SSSR count). The minimum Gasteiger partial charge on any atom is -0.385 e. The van der Waals surface area contributed by atoms with Gasteiger partial charge in [-0.05, 0) is 25.7 Å². The molecular weight excluding hydrogens is 192 g/mol. The Morgan fingerprint density at radius 2 is 2.00 bits per heavy atom. The average Bonchev–Trinajstić information content (AvgIpc) is 2.26. The normalized spacial score (nSPS) is 19.6. The Labute approximate surface area is 93.5 Å². The van der Waals surface area contributed by atoms with Crippen LogP contribution in [0.3, 0.4) is 0 Å². The Bertz CT molecular complexity index is 161. The first-order valence-corrected chi connectivity index (χ1v) is 5.55. The lowest BCUT2D eigenvalue weighted by atomic mass is 9.83. The molecule has 0 amide bonds. The van der Waals surface area contributed by atoms with Crippen LogP contribution in [0.15, 0.2) is 0 Å². The van der Waals surface area contributed by atoms with Crippen LogP contribution in [-0.2, 0) is 9.47 Å². The lowest BCUT2D eigenvalue weighted by Crippen LogP contribution is -2.56. The van der Waals surface area contributed by atoms with Crippen molar-refractivity contribution < 1.29 is 9.47 Å². The molecule has 3 unspecified atom stereocenters. The van der Waals surface area contributed by atoms with Crippen molar-refractivity contribution in [3.05, 3.63) is 0 Å². The third-order valence-corrected chi connectivity index (χ3v) is 3.35. The highest BCUT2D eigenvalue weighted by molar-refractivity contribution is 4.90. The Hall–Kier alpha value is -0.160. The molecule has 0 saturated carbocycles. The van der Waals surface area contributed by atoms with E-state index in [1.165, 1.54) is 0 Å². The topological polar surface area (TPSA) is 56.5 Å². The Morgan fingerprint density at radius 3 is 2.33 bits per heavy atom. The molecule has 0 aromatic rings. The summed E-state index contributed by atoms with van der Waals surface area (Å²) >= 11 is 0. The summed E-state index contributed by atoms with van der Waals surface area (Å²) in [4.78, 5) is 0. The van der Waals surface area contributed by atoms with E-state index in [1.54, 1.807) is 14.2 Å². The van der Waals surface area contributed by atoms with Crippen molar-refractivity contribution in [3.8, 4) is 0 Å². The Morgan fingerprint density at radius 1 is 1.40 bits per heavy atom. The number of nitrogens with one attached hydrogen (secondary N) is 1. The van der Waals surface area contributed by atoms with Crippen molar-refractivity contribution in [2.75, 3.05) is 20.8 Å². The van der Waals surface area contributed by atoms with Crippen LogP contribution in [0.1, 0.15) is 33.6 Å². The van der Waals surface area contributed by atoms with E-state index >= 15 is 0 Å². The SMILES string of the molecule is CCC(C)(OC)C(NN)C(C)CCOC. The molecule has 0 saturated heterocycles. The van der Waals surface area contributed by atoms with Gasteiger partial charge in [0.05, 0.1) is 11.6 Å². The van der Waals surface area contributed by atoms with E-state index in [4.69, 9.17) is 15.3 Å². The van der Waals surface area contributed by atoms with Crippen LogP contribution >= 0.6 is 0 Å². The maximum Gasteiger partial charge on any atom is 0.0816 e. The van der Waals surface area contributed by atoms with Gasteiger partial charge in [-0.2, -0.15) is 0 Å². The van der Waals surface area contributed by atoms with Gasteiger partial charge >= 0.3 is 0 Å². The molecule has 0 bridgehead atoms. The Kier molecular flexibility index (Phi) is 7.09. The molecule has 0 radical (unpaired) electrons. The fourth-order valence-electron chi connectivity index (χ4n) is 1.90. The van der Waals surface area contributed by atoms with Gasteiger partial charge < -0.3 is 9.47 Å². The van der Waals surface area contributed by atoms with Crippen LogP contribution in [0.25, 0.3) is 0 Å². The molecule has 3 N–H and O–H groups in total. The summed E-state index contributed by atoms with van der Waals surface area (Å²) in [6.45, 7) is 7.11. The third-order valence-electron chi connectivity index (χ3n) is 3.35. The van der Waals surface area contributed by atoms with Crippen LogP contribution in [0.5, 0.6) is 0 Å². The minimum atomic E-state index is -0.220. The predicted octanol–water partition coefficient (Wildman–Crippen LogP) is 1.31. The summed E-state index contributed by atoms with van der Waals surface area (Å²) in [5.74, 6) is 6.03. The third kappa shape index (κ3) is 4.07. The molecule has 15 heavy (non-hydrogen) atoms. The second-order valence-corrected chi connectivity index (χ2v) is 4.27. The van der Waals surface area contributed by atoms with Crippen molar-refractivity contribution in [3.63, 3.8) is 0 Å². The molecule has 0 aromatic carbocycles. The van der Waals surface area contributed by atoms with E-state index < -0.39 is 0 Å². The van der Waals surface area contributed by atoms with Crippen LogP contribution in [0.2, 0.25) is 0 Å². The maximum absolute atomic E-state index is 5.61. The summed E-state index contributed by atoms with van der Waals surface area (Å²) in [5, 5.41) is 0. The van der Waals surface area contributed by atoms with E-state index in [2.05, 4.69) is 26.2 Å². The second kappa shape index (κ2) is 7.17. The molecule has 0 aliphatic heterocycles. The van der Waals surface area contributed by atoms with Gasteiger partial charge in [0.25, 0.3) is 0 Å². The van der Waals surface area contributed by atoms with Crippen molar-refractivity contribution in [2.45, 2.75) is 45.3 Å². The first kappa shape index (κ1) is 14.8. The fraction of sp³-hybridized carbons (Fsp3) is 1.00. The van der Waals surface area contributed by atoms with Gasteiger partial charge in [-0.25, -0.2) is 0 Å². The number of nitrogens with two attached hydrogens (primary N) is 1. The molecule has 0 spiro atoms. The highest BCUT2D eigenvalue weighted by Crippen LogP contribution is 2.25. The number of hydrogen-bond donors (Lipinski definition) is 2. The van der Waals surface area contributed by atoms with E-state index in [0.29, 0.717) is 5.92 Å². The lowest BCUT2D eigenvalue weighted by Gasteiger charge is -2.39. The predicted molar refractivity (Wildman–Crippen MR) is 62.5 cm³/mol. The standard InChI is InChI=1S/C11H26N2O2/c1-6-11(3,15-5)10(13-12)9(2)7-8-14-4/h9-10,13H,6-8,12H2,1-5H3. The number of hydrazine groups is 1. The molecule has 0 aromatic heterocycles. The summed E-state index contributed by atoms with van der Waals surface area (Å²) < 4.78 is 10.6. The van der Waals surface area contributed by atoms with Crippen molar-refractivity contribution >= 4 is 0 Å². The first-order valence-electron chi connectivity index (χ1n) is 5.55. The maximum atomic E-state index is 5.61. The summed E-state index contributed by atoms with van der Waals surface area (Å²) in [5.41, 5.74) is 2.65. The van der Waals surface area contributed by atoms with Gasteiger partial charge in [-0.15, -0.1) is 0 Å². The average molecular weight is 218 g/mol. The molecule has 4 heteroatoms. The molecule has 0 fully saturated rings. The largest absolute Gasteiger partial charge is 0.385 e. The van der Waals surface area contributed by atoms with E-state index in [-0.39, 0.29) is 11.6 Å². The Balaban J connectivity index is 4.43. The summed E-state index contributed by atoms with van der Waals surface area (Å²) in [6, 6.07) is 0.141. The molecule has 3 atom stereocenters. The molecule has 0 aliphatic carbocycles. The van der Waals surface area contributed by atoms with Gasteiger partial charge in [0, 0.05) is 20.8 Å². The molecule has 0 heterocycles.